The van der Waals surface area contributed by atoms with Crippen LogP contribution in [0.15, 0.2) is 152 Å². The molecule has 0 fully saturated rings. The van der Waals surface area contributed by atoms with Crippen molar-refractivity contribution < 1.29 is 0 Å². The Morgan fingerprint density at radius 1 is 0.323 bits per heavy atom. The van der Waals surface area contributed by atoms with Crippen LogP contribution in [0.4, 0.5) is 17.1 Å². The van der Waals surface area contributed by atoms with Gasteiger partial charge in [-0.2, -0.15) is 0 Å². The zero-order valence-electron chi connectivity index (χ0n) is 39.9. The molecule has 1 nitrogen and oxygen atoms in total. The minimum absolute atomic E-state index is 0.0220. The molecule has 0 N–H and O–H groups in total. The zero-order valence-corrected chi connectivity index (χ0v) is 39.9. The third kappa shape index (κ3) is 8.20. The predicted molar refractivity (Wildman–Crippen MR) is 270 cm³/mol. The molecule has 1 aliphatic rings. The van der Waals surface area contributed by atoms with E-state index in [4.69, 9.17) is 0 Å². The summed E-state index contributed by atoms with van der Waals surface area (Å²) in [6.45, 7) is 32.5. The largest absolute Gasteiger partial charge is 0.310 e. The molecule has 0 radical (unpaired) electrons. The summed E-state index contributed by atoms with van der Waals surface area (Å²) in [5.41, 5.74) is 21.7. The molecule has 8 rings (SSSR count). The van der Waals surface area contributed by atoms with Gasteiger partial charge in [0.2, 0.25) is 0 Å². The van der Waals surface area contributed by atoms with E-state index < -0.39 is 0 Å². The van der Waals surface area contributed by atoms with E-state index in [9.17, 15) is 0 Å². The third-order valence-electron chi connectivity index (χ3n) is 13.3. The number of nitrogens with zero attached hydrogens (tertiary/aromatic N) is 1. The molecule has 0 saturated carbocycles. The molecule has 0 bridgehead atoms. The number of rotatable bonds is 6. The monoisotopic (exact) mass is 814 g/mol. The highest BCUT2D eigenvalue weighted by molar-refractivity contribution is 5.91. The lowest BCUT2D eigenvalue weighted by atomic mass is 9.78. The van der Waals surface area contributed by atoms with E-state index in [1.54, 1.807) is 0 Å². The molecule has 0 saturated heterocycles. The molecule has 316 valence electrons. The second kappa shape index (κ2) is 15.3. The Morgan fingerprint density at radius 2 is 0.758 bits per heavy atom. The van der Waals surface area contributed by atoms with Gasteiger partial charge < -0.3 is 4.90 Å². The molecule has 0 atom stereocenters. The minimum atomic E-state index is -0.115. The first-order chi connectivity index (χ1) is 29.0. The van der Waals surface area contributed by atoms with Crippen molar-refractivity contribution in [3.63, 3.8) is 0 Å². The highest BCUT2D eigenvalue weighted by Gasteiger charge is 2.36. The van der Waals surface area contributed by atoms with E-state index in [1.165, 1.54) is 77.9 Å². The molecule has 0 spiro atoms. The standard InChI is InChI=1S/C61H67N/c1-57(2,3)45-27-23-41(24-28-45)51-19-16-18-22-56(51)62(50-31-32-53-52-20-15-17-21-54(52)61(13,14)55(53)39-50)49-29-25-40(26-30-49)42-33-43(35-46(34-42)58(4,5)6)44-36-47(59(7,8)9)38-48(37-44)60(10,11)12/h15-39H,1-14H3. The Labute approximate surface area is 373 Å². The summed E-state index contributed by atoms with van der Waals surface area (Å²) in [4.78, 5) is 2.47. The van der Waals surface area contributed by atoms with Gasteiger partial charge in [0.05, 0.1) is 5.69 Å². The van der Waals surface area contributed by atoms with Gasteiger partial charge in [-0.05, 0) is 130 Å². The molecule has 1 heteroatoms. The van der Waals surface area contributed by atoms with Crippen molar-refractivity contribution in [3.8, 4) is 44.5 Å². The minimum Gasteiger partial charge on any atom is -0.310 e. The summed E-state index contributed by atoms with van der Waals surface area (Å²) < 4.78 is 0. The summed E-state index contributed by atoms with van der Waals surface area (Å²) in [7, 11) is 0. The molecule has 0 heterocycles. The Balaban J connectivity index is 1.28. The average molecular weight is 814 g/mol. The first kappa shape index (κ1) is 43.0. The Bertz CT molecular complexity index is 2730. The van der Waals surface area contributed by atoms with Crippen molar-refractivity contribution in [3.05, 3.63) is 185 Å². The second-order valence-corrected chi connectivity index (χ2v) is 22.5. The molecule has 0 aliphatic heterocycles. The second-order valence-electron chi connectivity index (χ2n) is 22.5. The van der Waals surface area contributed by atoms with Crippen LogP contribution < -0.4 is 4.90 Å². The van der Waals surface area contributed by atoms with Crippen molar-refractivity contribution in [2.75, 3.05) is 4.90 Å². The lowest BCUT2D eigenvalue weighted by Gasteiger charge is -2.30. The molecule has 0 aromatic heterocycles. The summed E-state index contributed by atoms with van der Waals surface area (Å²) in [5, 5.41) is 0. The lowest BCUT2D eigenvalue weighted by molar-refractivity contribution is 0.569. The Kier molecular flexibility index (Phi) is 10.6. The van der Waals surface area contributed by atoms with Gasteiger partial charge in [-0.25, -0.2) is 0 Å². The summed E-state index contributed by atoms with van der Waals surface area (Å²) in [6.07, 6.45) is 0. The maximum atomic E-state index is 2.47. The normalized spacial score (nSPS) is 13.8. The van der Waals surface area contributed by atoms with Gasteiger partial charge in [0.15, 0.2) is 0 Å². The van der Waals surface area contributed by atoms with E-state index >= 15 is 0 Å². The molecule has 1 aliphatic carbocycles. The van der Waals surface area contributed by atoms with Crippen molar-refractivity contribution in [1.29, 1.82) is 0 Å². The van der Waals surface area contributed by atoms with Crippen LogP contribution in [0.3, 0.4) is 0 Å². The Morgan fingerprint density at radius 3 is 1.32 bits per heavy atom. The fourth-order valence-corrected chi connectivity index (χ4v) is 9.18. The van der Waals surface area contributed by atoms with Crippen LogP contribution in [-0.4, -0.2) is 0 Å². The van der Waals surface area contributed by atoms with E-state index in [-0.39, 0.29) is 27.1 Å². The highest BCUT2D eigenvalue weighted by atomic mass is 15.1. The van der Waals surface area contributed by atoms with Crippen LogP contribution in [0.25, 0.3) is 44.5 Å². The summed E-state index contributed by atoms with van der Waals surface area (Å²) >= 11 is 0. The first-order valence-electron chi connectivity index (χ1n) is 22.7. The van der Waals surface area contributed by atoms with Crippen LogP contribution in [0.1, 0.15) is 130 Å². The smallest absolute Gasteiger partial charge is 0.0540 e. The molecule has 0 amide bonds. The van der Waals surface area contributed by atoms with Gasteiger partial charge in [0.1, 0.15) is 0 Å². The number of benzene rings is 7. The van der Waals surface area contributed by atoms with E-state index in [0.717, 1.165) is 17.1 Å². The van der Waals surface area contributed by atoms with Crippen molar-refractivity contribution in [1.82, 2.24) is 0 Å². The number of anilines is 3. The van der Waals surface area contributed by atoms with Gasteiger partial charge in [-0.15, -0.1) is 0 Å². The van der Waals surface area contributed by atoms with Crippen molar-refractivity contribution in [2.24, 2.45) is 0 Å². The van der Waals surface area contributed by atoms with E-state index in [1.807, 2.05) is 0 Å². The lowest BCUT2D eigenvalue weighted by Crippen LogP contribution is -2.17. The molecular weight excluding hydrogens is 747 g/mol. The molecule has 7 aromatic rings. The number of fused-ring (bicyclic) bond motifs is 3. The van der Waals surface area contributed by atoms with Gasteiger partial charge >= 0.3 is 0 Å². The molecular formula is C61H67N. The average Bonchev–Trinajstić information content (AvgIpc) is 3.45. The van der Waals surface area contributed by atoms with Crippen LogP contribution in [0, 0.1) is 0 Å². The topological polar surface area (TPSA) is 3.24 Å². The summed E-state index contributed by atoms with van der Waals surface area (Å²) in [6, 6.07) is 57.9. The van der Waals surface area contributed by atoms with Crippen LogP contribution in [0.5, 0.6) is 0 Å². The van der Waals surface area contributed by atoms with Crippen LogP contribution in [0.2, 0.25) is 0 Å². The van der Waals surface area contributed by atoms with Gasteiger partial charge in [0.25, 0.3) is 0 Å². The zero-order chi connectivity index (χ0) is 44.6. The quantitative estimate of drug-likeness (QED) is 0.162. The predicted octanol–water partition coefficient (Wildman–Crippen LogP) is 17.7. The SMILES string of the molecule is CC(C)(C)c1ccc(-c2ccccc2N(c2ccc(-c3cc(-c4cc(C(C)(C)C)cc(C(C)(C)C)c4)cc(C(C)(C)C)c3)cc2)c2ccc3c(c2)C(C)(C)c2ccccc2-3)cc1. The maximum Gasteiger partial charge on any atom is 0.0540 e. The van der Waals surface area contributed by atoms with Crippen LogP contribution in [-0.2, 0) is 27.1 Å². The van der Waals surface area contributed by atoms with E-state index in [2.05, 4.69) is 253 Å². The van der Waals surface area contributed by atoms with Crippen molar-refractivity contribution >= 4 is 17.1 Å². The van der Waals surface area contributed by atoms with Gasteiger partial charge in [-0.3, -0.25) is 0 Å². The summed E-state index contributed by atoms with van der Waals surface area (Å²) in [5.74, 6) is 0. The molecule has 7 aromatic carbocycles. The first-order valence-corrected chi connectivity index (χ1v) is 22.7. The third-order valence-corrected chi connectivity index (χ3v) is 13.3. The van der Waals surface area contributed by atoms with Gasteiger partial charge in [0, 0.05) is 22.4 Å². The van der Waals surface area contributed by atoms with E-state index in [0.29, 0.717) is 0 Å². The number of hydrogen-bond acceptors (Lipinski definition) is 1. The molecule has 62 heavy (non-hydrogen) atoms. The number of hydrogen-bond donors (Lipinski definition) is 0. The fraction of sp³-hybridized carbons (Fsp3) is 0.311. The number of para-hydroxylation sites is 1. The molecule has 0 unspecified atom stereocenters. The maximum absolute atomic E-state index is 2.47. The fourth-order valence-electron chi connectivity index (χ4n) is 9.18. The Hall–Kier alpha value is -5.66. The highest BCUT2D eigenvalue weighted by Crippen LogP contribution is 2.51. The van der Waals surface area contributed by atoms with Crippen LogP contribution >= 0.6 is 0 Å². The van der Waals surface area contributed by atoms with Crippen molar-refractivity contribution in [2.45, 2.75) is 124 Å². The van der Waals surface area contributed by atoms with Gasteiger partial charge in [-0.1, -0.05) is 212 Å².